The molecule has 110 valence electrons. The molecule has 0 fully saturated rings. The highest BCUT2D eigenvalue weighted by Crippen LogP contribution is 2.25. The molecular formula is C18H17N3O. The number of rotatable bonds is 3. The number of benzene rings is 2. The molecule has 0 aliphatic carbocycles. The van der Waals surface area contributed by atoms with Crippen molar-refractivity contribution < 1.29 is 4.79 Å². The largest absolute Gasteiger partial charge is 0.368 e. The monoisotopic (exact) mass is 291 g/mol. The molecule has 1 atom stereocenters. The van der Waals surface area contributed by atoms with Crippen LogP contribution in [0.5, 0.6) is 0 Å². The second-order valence-electron chi connectivity index (χ2n) is 5.61. The van der Waals surface area contributed by atoms with Crippen LogP contribution >= 0.6 is 0 Å². The Balaban J connectivity index is 1.88. The Morgan fingerprint density at radius 2 is 2.00 bits per heavy atom. The number of primary amides is 1. The lowest BCUT2D eigenvalue weighted by atomic mass is 9.93. The van der Waals surface area contributed by atoms with Crippen LogP contribution in [0.15, 0.2) is 48.5 Å². The van der Waals surface area contributed by atoms with Gasteiger partial charge in [0.1, 0.15) is 0 Å². The predicted molar refractivity (Wildman–Crippen MR) is 83.5 cm³/mol. The molecule has 1 aliphatic rings. The quantitative estimate of drug-likeness (QED) is 0.940. The van der Waals surface area contributed by atoms with Crippen LogP contribution in [0.3, 0.4) is 0 Å². The van der Waals surface area contributed by atoms with E-state index in [0.29, 0.717) is 25.1 Å². The second kappa shape index (κ2) is 6.00. The molecule has 0 saturated carbocycles. The Morgan fingerprint density at radius 3 is 2.73 bits per heavy atom. The molecule has 0 spiro atoms. The van der Waals surface area contributed by atoms with Gasteiger partial charge >= 0.3 is 0 Å². The van der Waals surface area contributed by atoms with E-state index >= 15 is 0 Å². The van der Waals surface area contributed by atoms with E-state index in [0.717, 1.165) is 5.56 Å². The molecule has 4 heteroatoms. The zero-order valence-corrected chi connectivity index (χ0v) is 12.2. The van der Waals surface area contributed by atoms with Crippen molar-refractivity contribution in [2.24, 2.45) is 5.73 Å². The van der Waals surface area contributed by atoms with Crippen molar-refractivity contribution in [1.82, 2.24) is 4.90 Å². The number of nitriles is 1. The molecule has 1 amide bonds. The minimum Gasteiger partial charge on any atom is -0.368 e. The van der Waals surface area contributed by atoms with Gasteiger partial charge in [-0.3, -0.25) is 9.69 Å². The lowest BCUT2D eigenvalue weighted by Gasteiger charge is -2.35. The van der Waals surface area contributed by atoms with Gasteiger partial charge in [-0.2, -0.15) is 5.26 Å². The van der Waals surface area contributed by atoms with Crippen molar-refractivity contribution >= 4 is 5.91 Å². The minimum absolute atomic E-state index is 0.300. The van der Waals surface area contributed by atoms with E-state index in [-0.39, 0.29) is 11.9 Å². The van der Waals surface area contributed by atoms with Gasteiger partial charge in [-0.25, -0.2) is 0 Å². The second-order valence-corrected chi connectivity index (χ2v) is 5.61. The average Bonchev–Trinajstić information content (AvgIpc) is 2.54. The molecule has 2 N–H and O–H groups in total. The molecule has 2 aromatic carbocycles. The first kappa shape index (κ1) is 14.3. The van der Waals surface area contributed by atoms with E-state index in [4.69, 9.17) is 11.0 Å². The summed E-state index contributed by atoms with van der Waals surface area (Å²) in [6.07, 6.45) is 0.642. The molecule has 3 rings (SSSR count). The first-order valence-electron chi connectivity index (χ1n) is 7.26. The zero-order valence-electron chi connectivity index (χ0n) is 12.2. The van der Waals surface area contributed by atoms with Crippen LogP contribution in [0.2, 0.25) is 0 Å². The molecule has 2 aromatic rings. The fourth-order valence-electron chi connectivity index (χ4n) is 3.00. The first-order chi connectivity index (χ1) is 10.7. The van der Waals surface area contributed by atoms with Crippen molar-refractivity contribution in [3.63, 3.8) is 0 Å². The molecule has 0 bridgehead atoms. The highest BCUT2D eigenvalue weighted by atomic mass is 16.1. The van der Waals surface area contributed by atoms with Crippen LogP contribution in [0.4, 0.5) is 0 Å². The van der Waals surface area contributed by atoms with Gasteiger partial charge < -0.3 is 5.73 Å². The van der Waals surface area contributed by atoms with E-state index in [1.165, 1.54) is 11.1 Å². The maximum Gasteiger partial charge on any atom is 0.235 e. The smallest absolute Gasteiger partial charge is 0.235 e. The summed E-state index contributed by atoms with van der Waals surface area (Å²) in [6, 6.07) is 17.5. The van der Waals surface area contributed by atoms with Gasteiger partial charge in [-0.1, -0.05) is 36.4 Å². The maximum atomic E-state index is 11.8. The van der Waals surface area contributed by atoms with Crippen molar-refractivity contribution in [2.75, 3.05) is 0 Å². The fourth-order valence-corrected chi connectivity index (χ4v) is 3.00. The molecular weight excluding hydrogens is 274 g/mol. The predicted octanol–water partition coefficient (Wildman–Crippen LogP) is 1.97. The Kier molecular flexibility index (Phi) is 3.90. The van der Waals surface area contributed by atoms with Crippen molar-refractivity contribution in [3.05, 3.63) is 70.8 Å². The molecule has 0 aromatic heterocycles. The summed E-state index contributed by atoms with van der Waals surface area (Å²) < 4.78 is 0. The summed E-state index contributed by atoms with van der Waals surface area (Å²) in [5.41, 5.74) is 9.66. The van der Waals surface area contributed by atoms with E-state index in [2.05, 4.69) is 23.1 Å². The van der Waals surface area contributed by atoms with Crippen LogP contribution in [0, 0.1) is 11.3 Å². The Hall–Kier alpha value is -2.64. The van der Waals surface area contributed by atoms with Crippen LogP contribution < -0.4 is 5.73 Å². The standard InChI is InChI=1S/C18H17N3O/c19-10-13-4-3-5-14(8-13)11-21-12-16-7-2-1-6-15(16)9-17(21)18(20)22/h1-8,17H,9,11-12H2,(H2,20,22). The summed E-state index contributed by atoms with van der Waals surface area (Å²) in [5.74, 6) is -0.300. The molecule has 0 saturated heterocycles. The molecule has 22 heavy (non-hydrogen) atoms. The average molecular weight is 291 g/mol. The summed E-state index contributed by atoms with van der Waals surface area (Å²) in [6.45, 7) is 1.30. The van der Waals surface area contributed by atoms with Crippen LogP contribution in [-0.4, -0.2) is 16.8 Å². The number of amides is 1. The number of carbonyl (C=O) groups is 1. The third kappa shape index (κ3) is 2.85. The van der Waals surface area contributed by atoms with Gasteiger partial charge in [-0.15, -0.1) is 0 Å². The molecule has 1 aliphatic heterocycles. The Bertz CT molecular complexity index is 748. The molecule has 0 radical (unpaired) electrons. The highest BCUT2D eigenvalue weighted by Gasteiger charge is 2.29. The third-order valence-corrected chi connectivity index (χ3v) is 4.12. The number of hydrogen-bond donors (Lipinski definition) is 1. The van der Waals surface area contributed by atoms with Crippen molar-refractivity contribution in [1.29, 1.82) is 5.26 Å². The number of carbonyl (C=O) groups excluding carboxylic acids is 1. The summed E-state index contributed by atoms with van der Waals surface area (Å²) in [4.78, 5) is 13.9. The lowest BCUT2D eigenvalue weighted by molar-refractivity contribution is -0.124. The lowest BCUT2D eigenvalue weighted by Crippen LogP contribution is -2.48. The third-order valence-electron chi connectivity index (χ3n) is 4.12. The molecule has 1 heterocycles. The van der Waals surface area contributed by atoms with Gasteiger partial charge in [0.15, 0.2) is 0 Å². The summed E-state index contributed by atoms with van der Waals surface area (Å²) in [5, 5.41) is 9.00. The summed E-state index contributed by atoms with van der Waals surface area (Å²) >= 11 is 0. The number of hydrogen-bond acceptors (Lipinski definition) is 3. The van der Waals surface area contributed by atoms with Gasteiger partial charge in [-0.05, 0) is 35.2 Å². The van der Waals surface area contributed by atoms with E-state index < -0.39 is 0 Å². The minimum atomic E-state index is -0.305. The van der Waals surface area contributed by atoms with Gasteiger partial charge in [0.05, 0.1) is 17.7 Å². The van der Waals surface area contributed by atoms with Gasteiger partial charge in [0, 0.05) is 13.1 Å². The number of nitrogens with two attached hydrogens (primary N) is 1. The Labute approximate surface area is 129 Å². The zero-order chi connectivity index (χ0) is 15.5. The van der Waals surface area contributed by atoms with Gasteiger partial charge in [0.2, 0.25) is 5.91 Å². The van der Waals surface area contributed by atoms with E-state index in [1.807, 2.05) is 30.3 Å². The van der Waals surface area contributed by atoms with E-state index in [1.54, 1.807) is 6.07 Å². The Morgan fingerprint density at radius 1 is 1.23 bits per heavy atom. The topological polar surface area (TPSA) is 70.1 Å². The van der Waals surface area contributed by atoms with Crippen LogP contribution in [0.25, 0.3) is 0 Å². The maximum absolute atomic E-state index is 11.8. The van der Waals surface area contributed by atoms with E-state index in [9.17, 15) is 4.79 Å². The number of fused-ring (bicyclic) bond motifs is 1. The normalized spacial score (nSPS) is 17.5. The van der Waals surface area contributed by atoms with Gasteiger partial charge in [0.25, 0.3) is 0 Å². The SMILES string of the molecule is N#Cc1cccc(CN2Cc3ccccc3CC2C(N)=O)c1. The number of nitrogens with zero attached hydrogens (tertiary/aromatic N) is 2. The first-order valence-corrected chi connectivity index (χ1v) is 7.26. The van der Waals surface area contributed by atoms with Crippen LogP contribution in [-0.2, 0) is 24.3 Å². The summed E-state index contributed by atoms with van der Waals surface area (Å²) in [7, 11) is 0. The van der Waals surface area contributed by atoms with Crippen molar-refractivity contribution in [2.45, 2.75) is 25.6 Å². The highest BCUT2D eigenvalue weighted by molar-refractivity contribution is 5.80. The van der Waals surface area contributed by atoms with Crippen molar-refractivity contribution in [3.8, 4) is 6.07 Å². The fraction of sp³-hybridized carbons (Fsp3) is 0.222. The molecule has 1 unspecified atom stereocenters. The van der Waals surface area contributed by atoms with Crippen LogP contribution in [0.1, 0.15) is 22.3 Å². The molecule has 4 nitrogen and oxygen atoms in total.